The Labute approximate surface area is 156 Å². The summed E-state index contributed by atoms with van der Waals surface area (Å²) in [4.78, 5) is 16.6. The molecule has 136 valence electrons. The van der Waals surface area contributed by atoms with Gasteiger partial charge in [-0.2, -0.15) is 0 Å². The Morgan fingerprint density at radius 1 is 1.08 bits per heavy atom. The largest absolute Gasteiger partial charge is 0.302 e. The number of fused-ring (bicyclic) bond motifs is 1. The molecule has 0 radical (unpaired) electrons. The summed E-state index contributed by atoms with van der Waals surface area (Å²) in [6.45, 7) is 3.90. The fourth-order valence-electron chi connectivity index (χ4n) is 2.37. The summed E-state index contributed by atoms with van der Waals surface area (Å²) in [5.41, 5.74) is 2.94. The fourth-order valence-corrected chi connectivity index (χ4v) is 4.38. The van der Waals surface area contributed by atoms with Gasteiger partial charge in [0.2, 0.25) is 15.9 Å². The van der Waals surface area contributed by atoms with E-state index in [2.05, 4.69) is 15.0 Å². The number of nitrogens with one attached hydrogen (secondary N) is 2. The summed E-state index contributed by atoms with van der Waals surface area (Å²) < 4.78 is 27.8. The van der Waals surface area contributed by atoms with Crippen molar-refractivity contribution in [1.82, 2.24) is 9.71 Å². The number of thiazole rings is 1. The molecule has 0 fully saturated rings. The lowest BCUT2D eigenvalue weighted by molar-refractivity contribution is -0.116. The van der Waals surface area contributed by atoms with Gasteiger partial charge in [-0.05, 0) is 43.7 Å². The number of nitrogens with zero attached hydrogens (tertiary/aromatic N) is 1. The molecule has 0 saturated heterocycles. The van der Waals surface area contributed by atoms with Crippen molar-refractivity contribution in [2.75, 3.05) is 11.9 Å². The highest BCUT2D eigenvalue weighted by molar-refractivity contribution is 7.89. The van der Waals surface area contributed by atoms with Gasteiger partial charge in [0.15, 0.2) is 5.13 Å². The lowest BCUT2D eigenvalue weighted by Crippen LogP contribution is -2.27. The van der Waals surface area contributed by atoms with Gasteiger partial charge in [0.25, 0.3) is 0 Å². The first kappa shape index (κ1) is 18.5. The number of hydrogen-bond donors (Lipinski definition) is 2. The summed E-state index contributed by atoms with van der Waals surface area (Å²) in [7, 11) is -3.61. The minimum Gasteiger partial charge on any atom is -0.302 e. The van der Waals surface area contributed by atoms with Crippen LogP contribution in [0.4, 0.5) is 5.13 Å². The normalized spacial score (nSPS) is 11.6. The van der Waals surface area contributed by atoms with Crippen LogP contribution in [0.15, 0.2) is 47.4 Å². The summed E-state index contributed by atoms with van der Waals surface area (Å²) in [5.74, 6) is -0.285. The standard InChI is InChI=1S/C18H19N3O3S2/c1-12-3-6-14(7-4-12)26(23,24)19-10-9-17(22)21-18-20-15-8-5-13(2)11-16(15)25-18/h3-8,11,19H,9-10H2,1-2H3,(H,20,21,22). The Morgan fingerprint density at radius 3 is 2.50 bits per heavy atom. The molecule has 0 aliphatic heterocycles. The van der Waals surface area contributed by atoms with E-state index in [1.54, 1.807) is 24.3 Å². The van der Waals surface area contributed by atoms with Crippen molar-refractivity contribution in [1.29, 1.82) is 0 Å². The number of carbonyl (C=O) groups excluding carboxylic acids is 1. The SMILES string of the molecule is Cc1ccc(S(=O)(=O)NCCC(=O)Nc2nc3ccc(C)cc3s2)cc1. The van der Waals surface area contributed by atoms with Crippen molar-refractivity contribution in [2.45, 2.75) is 25.2 Å². The van der Waals surface area contributed by atoms with E-state index < -0.39 is 10.0 Å². The molecule has 6 nitrogen and oxygen atoms in total. The Hall–Kier alpha value is -2.29. The predicted molar refractivity (Wildman–Crippen MR) is 104 cm³/mol. The van der Waals surface area contributed by atoms with Gasteiger partial charge in [0.05, 0.1) is 15.1 Å². The molecule has 0 atom stereocenters. The van der Waals surface area contributed by atoms with Crippen LogP contribution in [0.5, 0.6) is 0 Å². The first-order valence-corrected chi connectivity index (χ1v) is 10.4. The number of benzene rings is 2. The zero-order valence-electron chi connectivity index (χ0n) is 14.4. The van der Waals surface area contributed by atoms with Crippen molar-refractivity contribution in [3.8, 4) is 0 Å². The molecule has 0 aliphatic rings. The van der Waals surface area contributed by atoms with Gasteiger partial charge in [-0.1, -0.05) is 35.1 Å². The minimum absolute atomic E-state index is 0.0199. The number of carbonyl (C=O) groups is 1. The van der Waals surface area contributed by atoms with Gasteiger partial charge in [0, 0.05) is 13.0 Å². The molecule has 1 amide bonds. The molecule has 0 aliphatic carbocycles. The highest BCUT2D eigenvalue weighted by Gasteiger charge is 2.14. The summed E-state index contributed by atoms with van der Waals surface area (Å²) in [6, 6.07) is 12.4. The van der Waals surface area contributed by atoms with Crippen LogP contribution in [0.3, 0.4) is 0 Å². The molecule has 3 aromatic rings. The maximum absolute atomic E-state index is 12.2. The van der Waals surface area contributed by atoms with E-state index in [1.165, 1.54) is 11.3 Å². The van der Waals surface area contributed by atoms with E-state index in [9.17, 15) is 13.2 Å². The topological polar surface area (TPSA) is 88.2 Å². The lowest BCUT2D eigenvalue weighted by atomic mass is 10.2. The average Bonchev–Trinajstić information content (AvgIpc) is 2.96. The van der Waals surface area contributed by atoms with Gasteiger partial charge >= 0.3 is 0 Å². The van der Waals surface area contributed by atoms with Gasteiger partial charge < -0.3 is 5.32 Å². The maximum atomic E-state index is 12.2. The van der Waals surface area contributed by atoms with Crippen molar-refractivity contribution < 1.29 is 13.2 Å². The highest BCUT2D eigenvalue weighted by atomic mass is 32.2. The number of sulfonamides is 1. The molecular weight excluding hydrogens is 370 g/mol. The maximum Gasteiger partial charge on any atom is 0.240 e. The molecule has 8 heteroatoms. The van der Waals surface area contributed by atoms with E-state index in [4.69, 9.17) is 0 Å². The molecule has 1 heterocycles. The van der Waals surface area contributed by atoms with Crippen LogP contribution >= 0.6 is 11.3 Å². The van der Waals surface area contributed by atoms with Crippen molar-refractivity contribution in [3.05, 3.63) is 53.6 Å². The molecule has 2 aromatic carbocycles. The van der Waals surface area contributed by atoms with Crippen molar-refractivity contribution in [3.63, 3.8) is 0 Å². The van der Waals surface area contributed by atoms with Crippen molar-refractivity contribution >= 4 is 42.6 Å². The number of aryl methyl sites for hydroxylation is 2. The molecule has 0 saturated carbocycles. The van der Waals surface area contributed by atoms with Crippen LogP contribution in [0.2, 0.25) is 0 Å². The average molecular weight is 390 g/mol. The second-order valence-corrected chi connectivity index (χ2v) is 8.80. The number of rotatable bonds is 6. The predicted octanol–water partition coefficient (Wildman–Crippen LogP) is 3.22. The Balaban J connectivity index is 1.55. The summed E-state index contributed by atoms with van der Waals surface area (Å²) in [6.07, 6.45) is 0.0278. The van der Waals surface area contributed by atoms with E-state index in [-0.39, 0.29) is 23.8 Å². The third kappa shape index (κ3) is 4.46. The smallest absolute Gasteiger partial charge is 0.240 e. The first-order chi connectivity index (χ1) is 12.3. The second kappa shape index (κ2) is 7.53. The van der Waals surface area contributed by atoms with Gasteiger partial charge in [-0.15, -0.1) is 0 Å². The number of hydrogen-bond acceptors (Lipinski definition) is 5. The zero-order chi connectivity index (χ0) is 18.7. The van der Waals surface area contributed by atoms with Crippen LogP contribution in [-0.4, -0.2) is 25.9 Å². The Bertz CT molecular complexity index is 1040. The second-order valence-electron chi connectivity index (χ2n) is 6.00. The van der Waals surface area contributed by atoms with Crippen LogP contribution in [0.1, 0.15) is 17.5 Å². The number of aromatic nitrogens is 1. The summed E-state index contributed by atoms with van der Waals surface area (Å²) in [5, 5.41) is 3.23. The van der Waals surface area contributed by atoms with E-state index in [0.717, 1.165) is 21.3 Å². The first-order valence-electron chi connectivity index (χ1n) is 8.07. The lowest BCUT2D eigenvalue weighted by Gasteiger charge is -2.07. The van der Waals surface area contributed by atoms with E-state index in [1.807, 2.05) is 32.0 Å². The van der Waals surface area contributed by atoms with Crippen LogP contribution < -0.4 is 10.0 Å². The van der Waals surface area contributed by atoms with Crippen LogP contribution in [0, 0.1) is 13.8 Å². The van der Waals surface area contributed by atoms with Gasteiger partial charge in [0.1, 0.15) is 0 Å². The molecule has 2 N–H and O–H groups in total. The molecule has 0 bridgehead atoms. The quantitative estimate of drug-likeness (QED) is 0.677. The van der Waals surface area contributed by atoms with Gasteiger partial charge in [-0.3, -0.25) is 4.79 Å². The van der Waals surface area contributed by atoms with E-state index in [0.29, 0.717) is 5.13 Å². The Kier molecular flexibility index (Phi) is 5.36. The third-order valence-corrected chi connectivity index (χ3v) is 6.18. The third-order valence-electron chi connectivity index (χ3n) is 3.77. The molecule has 26 heavy (non-hydrogen) atoms. The van der Waals surface area contributed by atoms with Gasteiger partial charge in [-0.25, -0.2) is 18.1 Å². The highest BCUT2D eigenvalue weighted by Crippen LogP contribution is 2.26. The molecule has 0 unspecified atom stereocenters. The number of anilines is 1. The molecule has 0 spiro atoms. The monoisotopic (exact) mass is 389 g/mol. The minimum atomic E-state index is -3.61. The summed E-state index contributed by atoms with van der Waals surface area (Å²) >= 11 is 1.40. The van der Waals surface area contributed by atoms with Crippen molar-refractivity contribution in [2.24, 2.45) is 0 Å². The van der Waals surface area contributed by atoms with Crippen LogP contribution in [-0.2, 0) is 14.8 Å². The molecule has 3 rings (SSSR count). The van der Waals surface area contributed by atoms with Crippen LogP contribution in [0.25, 0.3) is 10.2 Å². The zero-order valence-corrected chi connectivity index (χ0v) is 16.1. The molecular formula is C18H19N3O3S2. The van der Waals surface area contributed by atoms with E-state index >= 15 is 0 Å². The molecule has 1 aromatic heterocycles. The number of amides is 1. The Morgan fingerprint density at radius 2 is 1.77 bits per heavy atom. The fraction of sp³-hybridized carbons (Fsp3) is 0.222.